The summed E-state index contributed by atoms with van der Waals surface area (Å²) in [5.74, 6) is -0.997. The molecule has 0 saturated carbocycles. The van der Waals surface area contributed by atoms with Crippen molar-refractivity contribution >= 4 is 46.4 Å². The van der Waals surface area contributed by atoms with E-state index in [0.717, 1.165) is 0 Å². The van der Waals surface area contributed by atoms with Crippen molar-refractivity contribution in [3.63, 3.8) is 0 Å². The number of benzene rings is 2. The van der Waals surface area contributed by atoms with Crippen LogP contribution in [0.25, 0.3) is 0 Å². The molecular formula is C16H11Cl2N3O2. The third-order valence-electron chi connectivity index (χ3n) is 2.74. The number of nitrogens with one attached hydrogen (secondary N) is 2. The number of hydrogen-bond acceptors (Lipinski definition) is 3. The molecule has 5 nitrogen and oxygen atoms in total. The molecule has 7 heteroatoms. The second kappa shape index (κ2) is 7.63. The van der Waals surface area contributed by atoms with E-state index in [-0.39, 0.29) is 6.42 Å². The minimum atomic E-state index is -0.503. The summed E-state index contributed by atoms with van der Waals surface area (Å²) in [4.78, 5) is 23.7. The predicted molar refractivity (Wildman–Crippen MR) is 89.5 cm³/mol. The summed E-state index contributed by atoms with van der Waals surface area (Å²) in [7, 11) is 0. The molecule has 0 heterocycles. The van der Waals surface area contributed by atoms with Gasteiger partial charge in [0.05, 0.1) is 11.6 Å². The minimum Gasteiger partial charge on any atom is -0.326 e. The van der Waals surface area contributed by atoms with Gasteiger partial charge in [-0.05, 0) is 36.4 Å². The number of nitriles is 1. The van der Waals surface area contributed by atoms with Crippen molar-refractivity contribution in [2.24, 2.45) is 0 Å². The van der Waals surface area contributed by atoms with E-state index < -0.39 is 11.8 Å². The Hall–Kier alpha value is -2.55. The van der Waals surface area contributed by atoms with Gasteiger partial charge in [0.1, 0.15) is 6.42 Å². The highest BCUT2D eigenvalue weighted by Gasteiger charge is 2.11. The Morgan fingerprint density at radius 3 is 2.17 bits per heavy atom. The molecular weight excluding hydrogens is 337 g/mol. The highest BCUT2D eigenvalue weighted by atomic mass is 35.5. The first-order valence-corrected chi connectivity index (χ1v) is 7.28. The second-order valence-electron chi connectivity index (χ2n) is 4.62. The van der Waals surface area contributed by atoms with Crippen LogP contribution in [0.3, 0.4) is 0 Å². The molecule has 0 aliphatic carbocycles. The Kier molecular flexibility index (Phi) is 5.58. The Bertz CT molecular complexity index is 780. The lowest BCUT2D eigenvalue weighted by atomic mass is 10.2. The highest BCUT2D eigenvalue weighted by molar-refractivity contribution is 6.35. The monoisotopic (exact) mass is 347 g/mol. The van der Waals surface area contributed by atoms with Crippen LogP contribution in [-0.2, 0) is 9.59 Å². The Labute approximate surface area is 142 Å². The summed E-state index contributed by atoms with van der Waals surface area (Å²) in [5.41, 5.74) is 1.28. The van der Waals surface area contributed by atoms with E-state index in [2.05, 4.69) is 10.6 Å². The first kappa shape index (κ1) is 16.8. The maximum absolute atomic E-state index is 11.8. The topological polar surface area (TPSA) is 82.0 Å². The summed E-state index contributed by atoms with van der Waals surface area (Å²) in [5, 5.41) is 14.7. The van der Waals surface area contributed by atoms with Gasteiger partial charge in [0, 0.05) is 21.4 Å². The Morgan fingerprint density at radius 2 is 1.57 bits per heavy atom. The molecule has 116 valence electrons. The smallest absolute Gasteiger partial charge is 0.233 e. The van der Waals surface area contributed by atoms with Gasteiger partial charge < -0.3 is 10.6 Å². The van der Waals surface area contributed by atoms with E-state index >= 15 is 0 Å². The summed E-state index contributed by atoms with van der Waals surface area (Å²) in [6.07, 6.45) is -0.374. The minimum absolute atomic E-state index is 0.374. The third kappa shape index (κ3) is 5.29. The van der Waals surface area contributed by atoms with Gasteiger partial charge in [-0.15, -0.1) is 0 Å². The van der Waals surface area contributed by atoms with Crippen LogP contribution in [0.1, 0.15) is 12.0 Å². The molecule has 0 saturated heterocycles. The van der Waals surface area contributed by atoms with Crippen LogP contribution in [-0.4, -0.2) is 11.8 Å². The zero-order chi connectivity index (χ0) is 16.8. The summed E-state index contributed by atoms with van der Waals surface area (Å²) in [6.45, 7) is 0. The fourth-order valence-electron chi connectivity index (χ4n) is 1.85. The lowest BCUT2D eigenvalue weighted by Gasteiger charge is -2.07. The summed E-state index contributed by atoms with van der Waals surface area (Å²) < 4.78 is 0. The largest absolute Gasteiger partial charge is 0.326 e. The van der Waals surface area contributed by atoms with Gasteiger partial charge in [-0.1, -0.05) is 29.3 Å². The van der Waals surface area contributed by atoms with Crippen molar-refractivity contribution in [3.8, 4) is 6.07 Å². The van der Waals surface area contributed by atoms with Crippen molar-refractivity contribution < 1.29 is 9.59 Å². The number of hydrogen-bond donors (Lipinski definition) is 2. The zero-order valence-corrected chi connectivity index (χ0v) is 13.3. The number of amides is 2. The Morgan fingerprint density at radius 1 is 0.957 bits per heavy atom. The Balaban J connectivity index is 1.94. The molecule has 0 spiro atoms. The first-order chi connectivity index (χ1) is 11.0. The molecule has 2 rings (SSSR count). The van der Waals surface area contributed by atoms with Crippen molar-refractivity contribution in [1.29, 1.82) is 5.26 Å². The predicted octanol–water partition coefficient (Wildman–Crippen LogP) is 3.83. The molecule has 0 bridgehead atoms. The normalized spacial score (nSPS) is 9.78. The molecule has 0 fully saturated rings. The van der Waals surface area contributed by atoms with Crippen molar-refractivity contribution in [1.82, 2.24) is 0 Å². The van der Waals surface area contributed by atoms with Crippen molar-refractivity contribution in [2.45, 2.75) is 6.42 Å². The van der Waals surface area contributed by atoms with E-state index in [1.165, 1.54) is 24.3 Å². The standard InChI is InChI=1S/C16H11Cl2N3O2/c17-11-5-12(18)7-14(6-11)21-16(23)8-15(22)20-13-3-1-2-10(4-13)9-19/h1-7H,8H2,(H,20,22)(H,21,23). The fourth-order valence-corrected chi connectivity index (χ4v) is 2.37. The molecule has 23 heavy (non-hydrogen) atoms. The van der Waals surface area contributed by atoms with Crippen LogP contribution < -0.4 is 10.6 Å². The van der Waals surface area contributed by atoms with E-state index in [1.807, 2.05) is 6.07 Å². The molecule has 0 aliphatic heterocycles. The van der Waals surface area contributed by atoms with Crippen molar-refractivity contribution in [2.75, 3.05) is 10.6 Å². The van der Waals surface area contributed by atoms with Crippen LogP contribution in [0, 0.1) is 11.3 Å². The van der Waals surface area contributed by atoms with E-state index in [1.54, 1.807) is 18.2 Å². The number of halogens is 2. The van der Waals surface area contributed by atoms with Gasteiger partial charge in [0.2, 0.25) is 11.8 Å². The van der Waals surface area contributed by atoms with E-state index in [4.69, 9.17) is 28.5 Å². The molecule has 0 radical (unpaired) electrons. The van der Waals surface area contributed by atoms with Gasteiger partial charge in [-0.3, -0.25) is 9.59 Å². The molecule has 0 unspecified atom stereocenters. The molecule has 2 N–H and O–H groups in total. The van der Waals surface area contributed by atoms with Crippen LogP contribution in [0.15, 0.2) is 42.5 Å². The maximum atomic E-state index is 11.8. The van der Waals surface area contributed by atoms with E-state index in [0.29, 0.717) is 27.0 Å². The number of nitrogens with zero attached hydrogens (tertiary/aromatic N) is 1. The lowest BCUT2D eigenvalue weighted by molar-refractivity contribution is -0.123. The summed E-state index contributed by atoms with van der Waals surface area (Å²) >= 11 is 11.7. The van der Waals surface area contributed by atoms with Gasteiger partial charge in [-0.2, -0.15) is 5.26 Å². The third-order valence-corrected chi connectivity index (χ3v) is 3.18. The quantitative estimate of drug-likeness (QED) is 0.824. The molecule has 2 amide bonds. The van der Waals surface area contributed by atoms with Crippen LogP contribution in [0.2, 0.25) is 10.0 Å². The van der Waals surface area contributed by atoms with Crippen LogP contribution >= 0.6 is 23.2 Å². The number of anilines is 2. The second-order valence-corrected chi connectivity index (χ2v) is 5.50. The molecule has 0 aromatic heterocycles. The fraction of sp³-hybridized carbons (Fsp3) is 0.0625. The molecule has 0 aliphatic rings. The maximum Gasteiger partial charge on any atom is 0.233 e. The highest BCUT2D eigenvalue weighted by Crippen LogP contribution is 2.22. The number of carbonyl (C=O) groups excluding carboxylic acids is 2. The van der Waals surface area contributed by atoms with Crippen molar-refractivity contribution in [3.05, 3.63) is 58.1 Å². The molecule has 2 aromatic carbocycles. The zero-order valence-electron chi connectivity index (χ0n) is 11.8. The van der Waals surface area contributed by atoms with Gasteiger partial charge >= 0.3 is 0 Å². The average molecular weight is 348 g/mol. The van der Waals surface area contributed by atoms with Crippen LogP contribution in [0.4, 0.5) is 11.4 Å². The van der Waals surface area contributed by atoms with E-state index in [9.17, 15) is 9.59 Å². The number of carbonyl (C=O) groups is 2. The molecule has 2 aromatic rings. The molecule has 0 atom stereocenters. The SMILES string of the molecule is N#Cc1cccc(NC(=O)CC(=O)Nc2cc(Cl)cc(Cl)c2)c1. The van der Waals surface area contributed by atoms with Gasteiger partial charge in [0.25, 0.3) is 0 Å². The first-order valence-electron chi connectivity index (χ1n) is 6.52. The average Bonchev–Trinajstić information content (AvgIpc) is 2.45. The number of rotatable bonds is 4. The van der Waals surface area contributed by atoms with Crippen LogP contribution in [0.5, 0.6) is 0 Å². The van der Waals surface area contributed by atoms with Gasteiger partial charge in [-0.25, -0.2) is 0 Å². The lowest BCUT2D eigenvalue weighted by Crippen LogP contribution is -2.21. The summed E-state index contributed by atoms with van der Waals surface area (Å²) in [6, 6.07) is 13.0. The van der Waals surface area contributed by atoms with Gasteiger partial charge in [0.15, 0.2) is 0 Å².